The molecular formula is C61H52N3OPt-. The molecule has 0 amide bonds. The van der Waals surface area contributed by atoms with Gasteiger partial charge >= 0.3 is 0 Å². The minimum atomic E-state index is -2.29. The topological polar surface area (TPSA) is 50.9 Å². The summed E-state index contributed by atoms with van der Waals surface area (Å²) in [5.41, 5.74) is 15.3. The van der Waals surface area contributed by atoms with Crippen LogP contribution in [-0.4, -0.2) is 19.6 Å². The third-order valence-corrected chi connectivity index (χ3v) is 12.4. The molecule has 5 heteroatoms. The molecule has 0 bridgehead atoms. The van der Waals surface area contributed by atoms with E-state index in [1.165, 1.54) is 16.5 Å². The first-order valence-electron chi connectivity index (χ1n) is 23.7. The van der Waals surface area contributed by atoms with Crippen molar-refractivity contribution < 1.29 is 30.3 Å². The zero-order valence-electron chi connectivity index (χ0n) is 40.9. The molecule has 0 aliphatic carbocycles. The predicted octanol–water partition coefficient (Wildman–Crippen LogP) is 16.0. The minimum absolute atomic E-state index is 0. The van der Waals surface area contributed by atoms with E-state index in [0.29, 0.717) is 28.2 Å². The van der Waals surface area contributed by atoms with Crippen LogP contribution in [0.2, 0.25) is 0 Å². The summed E-state index contributed by atoms with van der Waals surface area (Å²) in [7, 11) is 0. The van der Waals surface area contributed by atoms with Gasteiger partial charge in [0.2, 0.25) is 0 Å². The Bertz CT molecular complexity index is 3510. The Morgan fingerprint density at radius 3 is 1.86 bits per heavy atom. The van der Waals surface area contributed by atoms with Crippen molar-refractivity contribution in [3.05, 3.63) is 205 Å². The van der Waals surface area contributed by atoms with Gasteiger partial charge in [-0.05, 0) is 93.5 Å². The molecule has 66 heavy (non-hydrogen) atoms. The maximum absolute atomic E-state index is 11.3. The molecule has 0 saturated heterocycles. The van der Waals surface area contributed by atoms with Crippen molar-refractivity contribution in [3.63, 3.8) is 0 Å². The Morgan fingerprint density at radius 1 is 0.515 bits per heavy atom. The van der Waals surface area contributed by atoms with E-state index in [2.05, 4.69) is 161 Å². The first-order chi connectivity index (χ1) is 32.5. The van der Waals surface area contributed by atoms with Crippen molar-refractivity contribution in [2.75, 3.05) is 0 Å². The fraction of sp³-hybridized carbons (Fsp3) is 0.148. The van der Waals surface area contributed by atoms with Crippen LogP contribution in [0.1, 0.15) is 62.3 Å². The number of phenols is 1. The molecule has 1 N–H and O–H groups in total. The number of hydrogen-bond donors (Lipinski definition) is 1. The maximum atomic E-state index is 11.3. The number of nitrogens with zero attached hydrogens (tertiary/aromatic N) is 3. The summed E-state index contributed by atoms with van der Waals surface area (Å²) < 4.78 is 27.2. The molecule has 3 heterocycles. The van der Waals surface area contributed by atoms with E-state index in [1.807, 2.05) is 48.7 Å². The normalized spacial score (nSPS) is 12.7. The average molecular weight is 1040 g/mol. The van der Waals surface area contributed by atoms with Crippen LogP contribution >= 0.6 is 0 Å². The Balaban J connectivity index is 0.00000593. The number of aryl methyl sites for hydroxylation is 1. The summed E-state index contributed by atoms with van der Waals surface area (Å²) in [6.07, 6.45) is 1.85. The van der Waals surface area contributed by atoms with Crippen molar-refractivity contribution in [2.24, 2.45) is 0 Å². The number of fused-ring (bicyclic) bond motifs is 3. The maximum Gasteiger partial charge on any atom is 0.124 e. The van der Waals surface area contributed by atoms with Gasteiger partial charge in [0.05, 0.1) is 16.7 Å². The van der Waals surface area contributed by atoms with Crippen molar-refractivity contribution >= 4 is 21.8 Å². The van der Waals surface area contributed by atoms with Crippen LogP contribution in [0.25, 0.3) is 94.6 Å². The first-order valence-corrected chi connectivity index (χ1v) is 22.2. The molecule has 10 rings (SSSR count). The van der Waals surface area contributed by atoms with Crippen LogP contribution in [-0.2, 0) is 31.9 Å². The van der Waals surface area contributed by atoms with Crippen molar-refractivity contribution in [1.82, 2.24) is 14.5 Å². The van der Waals surface area contributed by atoms with Crippen LogP contribution in [0.4, 0.5) is 0 Å². The third kappa shape index (κ3) is 8.54. The molecule has 7 aromatic carbocycles. The van der Waals surface area contributed by atoms with Gasteiger partial charge in [-0.2, -0.15) is 0 Å². The smallest absolute Gasteiger partial charge is 0.124 e. The molecule has 0 atom stereocenters. The minimum Gasteiger partial charge on any atom is -0.507 e. The number of aromatic nitrogens is 3. The van der Waals surface area contributed by atoms with E-state index >= 15 is 0 Å². The first kappa shape index (κ1) is 40.6. The quantitative estimate of drug-likeness (QED) is 0.162. The summed E-state index contributed by atoms with van der Waals surface area (Å²) in [5, 5.41) is 13.6. The van der Waals surface area contributed by atoms with E-state index in [4.69, 9.17) is 14.1 Å². The Labute approximate surface area is 407 Å². The number of rotatable bonds is 7. The zero-order chi connectivity index (χ0) is 47.5. The molecule has 4 nitrogen and oxygen atoms in total. The van der Waals surface area contributed by atoms with Gasteiger partial charge in [-0.25, -0.2) is 0 Å². The van der Waals surface area contributed by atoms with Crippen LogP contribution < -0.4 is 0 Å². The Morgan fingerprint density at radius 2 is 1.12 bits per heavy atom. The van der Waals surface area contributed by atoms with Gasteiger partial charge in [-0.3, -0.25) is 9.97 Å². The molecular weight excluding hydrogens is 986 g/mol. The van der Waals surface area contributed by atoms with Crippen LogP contribution in [0.15, 0.2) is 182 Å². The summed E-state index contributed by atoms with van der Waals surface area (Å²) in [6.45, 7) is 11.1. The monoisotopic (exact) mass is 1040 g/mol. The van der Waals surface area contributed by atoms with Crippen LogP contribution in [0.3, 0.4) is 0 Å². The van der Waals surface area contributed by atoms with E-state index in [-0.39, 0.29) is 43.2 Å². The van der Waals surface area contributed by atoms with E-state index in [1.54, 1.807) is 24.3 Å². The average Bonchev–Trinajstić information content (AvgIpc) is 3.68. The number of benzene rings is 7. The standard InChI is InChI=1S/C61H52N3O.Pt/c1-39-17-15-18-40(29-39)42-30-45(54-35-41(27-28-62-54)50-23-16-24-52-51-21-11-13-25-57(51)64(59(50)52)49-19-9-8-10-20-49)32-46(31-42)55-36-44(37-56(63-55)53-22-12-14-26-58(53)65)43-33-47(60(2,3)4)38-48(34-43)61(5,6)7;/h8-31,33-38,65H,1-7H3;/q-1;/i1D3;. The van der Waals surface area contributed by atoms with E-state index in [0.717, 1.165) is 61.1 Å². The molecule has 10 aromatic rings. The number of para-hydroxylation sites is 4. The van der Waals surface area contributed by atoms with Crippen LogP contribution in [0.5, 0.6) is 5.75 Å². The molecule has 0 saturated carbocycles. The van der Waals surface area contributed by atoms with Crippen molar-refractivity contribution in [2.45, 2.75) is 59.2 Å². The van der Waals surface area contributed by atoms with Gasteiger partial charge in [0.25, 0.3) is 0 Å². The second kappa shape index (κ2) is 17.5. The van der Waals surface area contributed by atoms with Gasteiger partial charge in [0, 0.05) is 70.3 Å². The van der Waals surface area contributed by atoms with Crippen molar-refractivity contribution in [3.8, 4) is 78.6 Å². The van der Waals surface area contributed by atoms with E-state index < -0.39 is 6.85 Å². The van der Waals surface area contributed by atoms with Crippen LogP contribution in [0, 0.1) is 12.9 Å². The number of pyridine rings is 2. The van der Waals surface area contributed by atoms with Gasteiger partial charge in [-0.15, -0.1) is 18.2 Å². The van der Waals surface area contributed by atoms with Crippen molar-refractivity contribution in [1.29, 1.82) is 0 Å². The summed E-state index contributed by atoms with van der Waals surface area (Å²) >= 11 is 0. The second-order valence-electron chi connectivity index (χ2n) is 19.0. The number of hydrogen-bond acceptors (Lipinski definition) is 3. The second-order valence-corrected chi connectivity index (χ2v) is 19.0. The Hall–Kier alpha value is -6.87. The zero-order valence-corrected chi connectivity index (χ0v) is 40.2. The fourth-order valence-electron chi connectivity index (χ4n) is 8.88. The molecule has 3 aromatic heterocycles. The third-order valence-electron chi connectivity index (χ3n) is 12.4. The number of phenolic OH excluding ortho intramolecular Hbond substituents is 1. The molecule has 0 unspecified atom stereocenters. The summed E-state index contributed by atoms with van der Waals surface area (Å²) in [6, 6.07) is 62.8. The predicted molar refractivity (Wildman–Crippen MR) is 272 cm³/mol. The van der Waals surface area contributed by atoms with E-state index in [9.17, 15) is 5.11 Å². The van der Waals surface area contributed by atoms with Gasteiger partial charge in [0.15, 0.2) is 0 Å². The van der Waals surface area contributed by atoms with Gasteiger partial charge in [0.1, 0.15) is 5.75 Å². The molecule has 0 spiro atoms. The molecule has 0 aliphatic heterocycles. The molecule has 0 fully saturated rings. The fourth-order valence-corrected chi connectivity index (χ4v) is 8.88. The molecule has 0 aliphatic rings. The Kier molecular flexibility index (Phi) is 10.8. The SMILES string of the molecule is [2H]C([2H])([2H])c1cccc(-c2cc(-c3cc(-c4cccc5c6ccccc6n(-c6ccccc6)c45)ccn3)[c-]c(-c3cc(-c4cc(C(C)(C)C)cc(C(C)(C)C)c4)cc(-c4ccccc4O)n3)c2)c1.[Pt]. The summed E-state index contributed by atoms with van der Waals surface area (Å²) in [4.78, 5) is 10.3. The van der Waals surface area contributed by atoms with Gasteiger partial charge in [-0.1, -0.05) is 185 Å². The largest absolute Gasteiger partial charge is 0.507 e. The number of aromatic hydroxyl groups is 1. The molecule has 328 valence electrons. The summed E-state index contributed by atoms with van der Waals surface area (Å²) in [5.74, 6) is 0.129. The molecule has 0 radical (unpaired) electrons. The van der Waals surface area contributed by atoms with Gasteiger partial charge < -0.3 is 9.67 Å².